The molecule has 0 aromatic heterocycles. The fraction of sp³-hybridized carbons (Fsp3) is 0.286. The molecule has 5 nitrogen and oxygen atoms in total. The van der Waals surface area contributed by atoms with Crippen LogP contribution in [0.1, 0.15) is 6.92 Å². The molecule has 0 radical (unpaired) electrons. The van der Waals surface area contributed by atoms with Crippen LogP contribution in [0.5, 0.6) is 5.75 Å². The Kier molecular flexibility index (Phi) is 4.24. The number of carbonyl (C=O) groups excluding carboxylic acids is 1. The van der Waals surface area contributed by atoms with E-state index in [-0.39, 0.29) is 0 Å². The summed E-state index contributed by atoms with van der Waals surface area (Å²) >= 11 is 5.37. The van der Waals surface area contributed by atoms with Gasteiger partial charge in [-0.15, -0.1) is 0 Å². The molecule has 6 heteroatoms. The average Bonchev–Trinajstić information content (AvgIpc) is 2.43. The number of amides is 1. The zero-order valence-corrected chi connectivity index (χ0v) is 12.1. The van der Waals surface area contributed by atoms with Gasteiger partial charge in [0.15, 0.2) is 11.2 Å². The number of hydrogen-bond acceptors (Lipinski definition) is 3. The first-order chi connectivity index (χ1) is 9.49. The van der Waals surface area contributed by atoms with Crippen molar-refractivity contribution in [1.29, 1.82) is 0 Å². The van der Waals surface area contributed by atoms with Crippen molar-refractivity contribution >= 4 is 28.9 Å². The maximum atomic E-state index is 11.4. The first-order valence-corrected chi connectivity index (χ1v) is 6.64. The summed E-state index contributed by atoms with van der Waals surface area (Å²) < 4.78 is 5.58. The summed E-state index contributed by atoms with van der Waals surface area (Å²) in [5.41, 5.74) is 7.14. The molecular formula is C14H17N3O2S. The smallest absolute Gasteiger partial charge is 0.260 e. The molecule has 20 heavy (non-hydrogen) atoms. The van der Waals surface area contributed by atoms with E-state index in [2.05, 4.69) is 11.9 Å². The standard InChI is InChI=1S/C14H17N3O2S/c1-9(2)7-16-14(20)17-8-12(13(15)18)19-11-6-4-3-5-10(11)17/h3-6,12H,1,7-8H2,2H3,(H2,15,18)(H,16,20)/t12-/m1/s1. The van der Waals surface area contributed by atoms with E-state index in [9.17, 15) is 4.79 Å². The molecule has 1 atom stereocenters. The highest BCUT2D eigenvalue weighted by molar-refractivity contribution is 7.80. The molecule has 1 aromatic carbocycles. The number of nitrogens with one attached hydrogen (secondary N) is 1. The molecule has 0 saturated heterocycles. The maximum absolute atomic E-state index is 11.4. The molecule has 1 aromatic rings. The van der Waals surface area contributed by atoms with E-state index in [1.54, 1.807) is 6.07 Å². The fourth-order valence-corrected chi connectivity index (χ4v) is 2.14. The van der Waals surface area contributed by atoms with Crippen molar-refractivity contribution in [2.45, 2.75) is 13.0 Å². The molecule has 1 amide bonds. The molecule has 0 aliphatic carbocycles. The topological polar surface area (TPSA) is 67.6 Å². The number of hydrogen-bond donors (Lipinski definition) is 2. The number of nitrogens with two attached hydrogens (primary N) is 1. The van der Waals surface area contributed by atoms with Crippen LogP contribution in [0.2, 0.25) is 0 Å². The Hall–Kier alpha value is -2.08. The Morgan fingerprint density at radius 3 is 2.95 bits per heavy atom. The van der Waals surface area contributed by atoms with Gasteiger partial charge in [-0.25, -0.2) is 0 Å². The first-order valence-electron chi connectivity index (χ1n) is 6.24. The van der Waals surface area contributed by atoms with Crippen molar-refractivity contribution in [1.82, 2.24) is 5.32 Å². The summed E-state index contributed by atoms with van der Waals surface area (Å²) in [7, 11) is 0. The molecular weight excluding hydrogens is 274 g/mol. The monoisotopic (exact) mass is 291 g/mol. The van der Waals surface area contributed by atoms with Crippen molar-refractivity contribution in [3.63, 3.8) is 0 Å². The lowest BCUT2D eigenvalue weighted by Gasteiger charge is -2.35. The van der Waals surface area contributed by atoms with E-state index in [1.165, 1.54) is 0 Å². The SMILES string of the molecule is C=C(C)CNC(=S)N1C[C@H](C(N)=O)Oc2ccccc21. The predicted molar refractivity (Wildman–Crippen MR) is 82.8 cm³/mol. The summed E-state index contributed by atoms with van der Waals surface area (Å²) in [6.45, 7) is 6.61. The molecule has 0 unspecified atom stereocenters. The summed E-state index contributed by atoms with van der Waals surface area (Å²) in [6.07, 6.45) is -0.713. The summed E-state index contributed by atoms with van der Waals surface area (Å²) in [5, 5.41) is 3.63. The van der Waals surface area contributed by atoms with Crippen LogP contribution in [0.4, 0.5) is 5.69 Å². The largest absolute Gasteiger partial charge is 0.477 e. The van der Waals surface area contributed by atoms with E-state index in [1.807, 2.05) is 30.0 Å². The number of anilines is 1. The molecule has 106 valence electrons. The van der Waals surface area contributed by atoms with E-state index >= 15 is 0 Å². The second-order valence-electron chi connectivity index (χ2n) is 4.70. The highest BCUT2D eigenvalue weighted by Crippen LogP contribution is 2.33. The van der Waals surface area contributed by atoms with Crippen molar-refractivity contribution in [3.05, 3.63) is 36.4 Å². The van der Waals surface area contributed by atoms with Gasteiger partial charge >= 0.3 is 0 Å². The third-order valence-corrected chi connectivity index (χ3v) is 3.24. The minimum absolute atomic E-state index is 0.300. The number of primary amides is 1. The van der Waals surface area contributed by atoms with E-state index < -0.39 is 12.0 Å². The lowest BCUT2D eigenvalue weighted by atomic mass is 10.2. The average molecular weight is 291 g/mol. The third kappa shape index (κ3) is 3.08. The Bertz CT molecular complexity index is 559. The van der Waals surface area contributed by atoms with Gasteiger partial charge in [-0.2, -0.15) is 0 Å². The van der Waals surface area contributed by atoms with Gasteiger partial charge in [-0.3, -0.25) is 4.79 Å². The molecule has 3 N–H and O–H groups in total. The van der Waals surface area contributed by atoms with Crippen LogP contribution in [0.15, 0.2) is 36.4 Å². The predicted octanol–water partition coefficient (Wildman–Crippen LogP) is 1.19. The molecule has 0 bridgehead atoms. The molecule has 0 fully saturated rings. The molecule has 1 heterocycles. The number of carbonyl (C=O) groups is 1. The highest BCUT2D eigenvalue weighted by Gasteiger charge is 2.30. The van der Waals surface area contributed by atoms with Gasteiger partial charge in [-0.1, -0.05) is 24.3 Å². The van der Waals surface area contributed by atoms with Crippen LogP contribution >= 0.6 is 12.2 Å². The molecule has 0 saturated carbocycles. The zero-order valence-electron chi connectivity index (χ0n) is 11.3. The normalized spacial score (nSPS) is 16.9. The fourth-order valence-electron chi connectivity index (χ4n) is 1.90. The van der Waals surface area contributed by atoms with E-state index in [4.69, 9.17) is 22.7 Å². The zero-order chi connectivity index (χ0) is 14.7. The van der Waals surface area contributed by atoms with Crippen molar-refractivity contribution in [3.8, 4) is 5.75 Å². The Balaban J connectivity index is 2.24. The van der Waals surface area contributed by atoms with Gasteiger partial charge in [0.25, 0.3) is 5.91 Å². The first kappa shape index (κ1) is 14.3. The number of nitrogens with zero attached hydrogens (tertiary/aromatic N) is 1. The van der Waals surface area contributed by atoms with Crippen LogP contribution in [-0.2, 0) is 4.79 Å². The second kappa shape index (κ2) is 5.92. The molecule has 1 aliphatic rings. The molecule has 0 spiro atoms. The number of ether oxygens (including phenoxy) is 1. The van der Waals surface area contributed by atoms with Crippen LogP contribution in [0, 0.1) is 0 Å². The molecule has 2 rings (SSSR count). The van der Waals surface area contributed by atoms with Crippen molar-refractivity contribution in [2.75, 3.05) is 18.0 Å². The second-order valence-corrected chi connectivity index (χ2v) is 5.09. The van der Waals surface area contributed by atoms with Gasteiger partial charge in [0.1, 0.15) is 5.75 Å². The van der Waals surface area contributed by atoms with E-state index in [0.717, 1.165) is 11.3 Å². The minimum atomic E-state index is -0.713. The van der Waals surface area contributed by atoms with Gasteiger partial charge in [0.2, 0.25) is 0 Å². The number of fused-ring (bicyclic) bond motifs is 1. The quantitative estimate of drug-likeness (QED) is 0.647. The van der Waals surface area contributed by atoms with Gasteiger partial charge in [-0.05, 0) is 31.3 Å². The summed E-state index contributed by atoms with van der Waals surface area (Å²) in [5.74, 6) is 0.0919. The van der Waals surface area contributed by atoms with Crippen LogP contribution in [-0.4, -0.2) is 30.2 Å². The summed E-state index contributed by atoms with van der Waals surface area (Å²) in [6, 6.07) is 7.41. The lowest BCUT2D eigenvalue weighted by molar-refractivity contribution is -0.124. The van der Waals surface area contributed by atoms with Gasteiger partial charge < -0.3 is 20.7 Å². The lowest BCUT2D eigenvalue weighted by Crippen LogP contribution is -2.52. The Labute approximate surface area is 123 Å². The third-order valence-electron chi connectivity index (χ3n) is 2.88. The maximum Gasteiger partial charge on any atom is 0.260 e. The van der Waals surface area contributed by atoms with Crippen LogP contribution in [0.3, 0.4) is 0 Å². The van der Waals surface area contributed by atoms with E-state index in [0.29, 0.717) is 24.0 Å². The number of para-hydroxylation sites is 2. The Morgan fingerprint density at radius 2 is 2.30 bits per heavy atom. The van der Waals surface area contributed by atoms with Gasteiger partial charge in [0.05, 0.1) is 12.2 Å². The summed E-state index contributed by atoms with van der Waals surface area (Å²) in [4.78, 5) is 13.2. The number of thiocarbonyl (C=S) groups is 1. The van der Waals surface area contributed by atoms with Gasteiger partial charge in [0, 0.05) is 6.54 Å². The van der Waals surface area contributed by atoms with Crippen LogP contribution < -0.4 is 20.7 Å². The van der Waals surface area contributed by atoms with Crippen LogP contribution in [0.25, 0.3) is 0 Å². The number of benzene rings is 1. The van der Waals surface area contributed by atoms with Crippen molar-refractivity contribution in [2.24, 2.45) is 5.73 Å². The van der Waals surface area contributed by atoms with Crippen molar-refractivity contribution < 1.29 is 9.53 Å². The Morgan fingerprint density at radius 1 is 1.60 bits per heavy atom. The highest BCUT2D eigenvalue weighted by atomic mass is 32.1. The molecule has 1 aliphatic heterocycles. The minimum Gasteiger partial charge on any atom is -0.477 e. The number of rotatable bonds is 3.